The third-order valence-corrected chi connectivity index (χ3v) is 9.69. The highest BCUT2D eigenvalue weighted by molar-refractivity contribution is 7.90. The molecule has 1 aliphatic heterocycles. The van der Waals surface area contributed by atoms with Gasteiger partial charge in [-0.1, -0.05) is 18.8 Å². The molecule has 15 heteroatoms. The van der Waals surface area contributed by atoms with Gasteiger partial charge in [0.25, 0.3) is 10.0 Å². The molecule has 0 atom stereocenters. The number of aromatic nitrogens is 7. The van der Waals surface area contributed by atoms with E-state index in [1.165, 1.54) is 24.8 Å². The first-order valence-corrected chi connectivity index (χ1v) is 15.2. The fourth-order valence-electron chi connectivity index (χ4n) is 4.74. The number of nitrogens with one attached hydrogen (secondary N) is 1. The van der Waals surface area contributed by atoms with Gasteiger partial charge in [-0.25, -0.2) is 28.1 Å². The lowest BCUT2D eigenvalue weighted by Crippen LogP contribution is -2.40. The number of aliphatic hydroxyl groups is 1. The standard InChI is InChI=1S/C28H29F2N9O3S/c1-28(18-40)7-10-37(11-8-28)23-12-25(32-14-20(23)3-2-19-13-33-38(16-19)27(29)30)35-24-6-9-31-26(36-24)21-15-34-39(17-21)43(41,42)22-4-5-22/h6,9,12-17,22,27,40H,4-5,7-8,10-11,18H2,1H3,(H,31,32,35,36). The van der Waals surface area contributed by atoms with E-state index in [1.807, 2.05) is 6.07 Å². The van der Waals surface area contributed by atoms with Crippen molar-refractivity contribution < 1.29 is 22.3 Å². The molecular formula is C28H29F2N9O3S. The second-order valence-electron chi connectivity index (χ2n) is 11.0. The molecule has 224 valence electrons. The molecule has 1 saturated carbocycles. The first-order valence-electron chi connectivity index (χ1n) is 13.7. The maximum absolute atomic E-state index is 12.9. The molecule has 0 bridgehead atoms. The van der Waals surface area contributed by atoms with Crippen LogP contribution in [0.3, 0.4) is 0 Å². The summed E-state index contributed by atoms with van der Waals surface area (Å²) in [7, 11) is -3.51. The van der Waals surface area contributed by atoms with Gasteiger partial charge >= 0.3 is 6.55 Å². The summed E-state index contributed by atoms with van der Waals surface area (Å²) in [6.45, 7) is 0.782. The molecule has 6 rings (SSSR count). The molecule has 2 N–H and O–H groups in total. The fraction of sp³-hybridized carbons (Fsp3) is 0.393. The zero-order valence-electron chi connectivity index (χ0n) is 23.2. The fourth-order valence-corrected chi connectivity index (χ4v) is 6.22. The molecule has 0 unspecified atom stereocenters. The van der Waals surface area contributed by atoms with Crippen molar-refractivity contribution in [2.24, 2.45) is 5.41 Å². The summed E-state index contributed by atoms with van der Waals surface area (Å²) in [5, 5.41) is 20.3. The highest BCUT2D eigenvalue weighted by atomic mass is 32.2. The number of rotatable bonds is 8. The Kier molecular flexibility index (Phi) is 7.57. The maximum atomic E-state index is 12.9. The van der Waals surface area contributed by atoms with Gasteiger partial charge in [-0.2, -0.15) is 23.1 Å². The molecule has 1 aliphatic carbocycles. The van der Waals surface area contributed by atoms with Gasteiger partial charge in [0, 0.05) is 44.4 Å². The number of hydrogen-bond donors (Lipinski definition) is 2. The van der Waals surface area contributed by atoms with Crippen LogP contribution in [0.15, 0.2) is 49.3 Å². The van der Waals surface area contributed by atoms with Crippen LogP contribution in [0.5, 0.6) is 0 Å². The number of alkyl halides is 2. The Morgan fingerprint density at radius 3 is 2.58 bits per heavy atom. The third kappa shape index (κ3) is 6.20. The summed E-state index contributed by atoms with van der Waals surface area (Å²) in [4.78, 5) is 15.5. The highest BCUT2D eigenvalue weighted by Crippen LogP contribution is 2.35. The van der Waals surface area contributed by atoms with E-state index in [9.17, 15) is 22.3 Å². The minimum absolute atomic E-state index is 0.103. The Morgan fingerprint density at radius 1 is 1.09 bits per heavy atom. The molecule has 0 aromatic carbocycles. The number of aliphatic hydroxyl groups excluding tert-OH is 1. The van der Waals surface area contributed by atoms with Crippen molar-refractivity contribution in [2.75, 3.05) is 29.9 Å². The molecular weight excluding hydrogens is 580 g/mol. The van der Waals surface area contributed by atoms with Crippen LogP contribution in [-0.4, -0.2) is 72.4 Å². The van der Waals surface area contributed by atoms with Gasteiger partial charge in [0.15, 0.2) is 5.82 Å². The number of nitrogens with zero attached hydrogens (tertiary/aromatic N) is 8. The van der Waals surface area contributed by atoms with E-state index in [0.29, 0.717) is 64.8 Å². The smallest absolute Gasteiger partial charge is 0.333 e. The Labute approximate surface area is 246 Å². The van der Waals surface area contributed by atoms with Crippen LogP contribution in [0.4, 0.5) is 26.1 Å². The number of halogens is 2. The van der Waals surface area contributed by atoms with Crippen LogP contribution in [-0.2, 0) is 10.0 Å². The SMILES string of the molecule is CC1(CO)CCN(c2cc(Nc3ccnc(-c4cnn(S(=O)(=O)C5CC5)c4)n3)ncc2C#Cc2cnn(C(F)F)c2)CC1. The first kappa shape index (κ1) is 28.7. The third-order valence-electron chi connectivity index (χ3n) is 7.65. The lowest BCUT2D eigenvalue weighted by atomic mass is 9.81. The Bertz CT molecular complexity index is 1800. The molecule has 2 aliphatic rings. The van der Waals surface area contributed by atoms with E-state index in [0.717, 1.165) is 22.6 Å². The largest absolute Gasteiger partial charge is 0.396 e. The quantitative estimate of drug-likeness (QED) is 0.285. The lowest BCUT2D eigenvalue weighted by Gasteiger charge is -2.39. The molecule has 5 heterocycles. The van der Waals surface area contributed by atoms with Gasteiger partial charge in [0.2, 0.25) is 0 Å². The summed E-state index contributed by atoms with van der Waals surface area (Å²) in [6, 6.07) is 3.51. The van der Waals surface area contributed by atoms with Crippen molar-refractivity contribution in [3.63, 3.8) is 0 Å². The number of anilines is 3. The normalized spacial score (nSPS) is 16.6. The van der Waals surface area contributed by atoms with Crippen LogP contribution in [0.25, 0.3) is 11.4 Å². The molecule has 0 amide bonds. The van der Waals surface area contributed by atoms with Crippen molar-refractivity contribution in [1.29, 1.82) is 0 Å². The van der Waals surface area contributed by atoms with Crippen molar-refractivity contribution in [1.82, 2.24) is 33.9 Å². The molecule has 4 aromatic rings. The predicted molar refractivity (Wildman–Crippen MR) is 154 cm³/mol. The zero-order valence-corrected chi connectivity index (χ0v) is 24.0. The van der Waals surface area contributed by atoms with E-state index < -0.39 is 21.8 Å². The zero-order chi connectivity index (χ0) is 30.2. The predicted octanol–water partition coefficient (Wildman–Crippen LogP) is 3.41. The van der Waals surface area contributed by atoms with Crippen LogP contribution >= 0.6 is 0 Å². The molecule has 0 spiro atoms. The van der Waals surface area contributed by atoms with Crippen molar-refractivity contribution >= 4 is 27.3 Å². The topological polar surface area (TPSA) is 144 Å². The second-order valence-corrected chi connectivity index (χ2v) is 13.1. The van der Waals surface area contributed by atoms with Crippen molar-refractivity contribution in [3.05, 3.63) is 60.4 Å². The minimum atomic E-state index is -3.51. The highest BCUT2D eigenvalue weighted by Gasteiger charge is 2.37. The average molecular weight is 610 g/mol. The first-order chi connectivity index (χ1) is 20.6. The van der Waals surface area contributed by atoms with Gasteiger partial charge in [-0.15, -0.1) is 0 Å². The van der Waals surface area contributed by atoms with E-state index in [1.54, 1.807) is 18.5 Å². The average Bonchev–Trinajstić information content (AvgIpc) is 3.55. The van der Waals surface area contributed by atoms with E-state index in [-0.39, 0.29) is 12.0 Å². The number of hydrogen-bond acceptors (Lipinski definition) is 10. The van der Waals surface area contributed by atoms with Gasteiger partial charge in [0.1, 0.15) is 11.6 Å². The minimum Gasteiger partial charge on any atom is -0.396 e. The summed E-state index contributed by atoms with van der Waals surface area (Å²) in [6.07, 6.45) is 11.3. The summed E-state index contributed by atoms with van der Waals surface area (Å²) >= 11 is 0. The van der Waals surface area contributed by atoms with E-state index in [4.69, 9.17) is 0 Å². The number of pyridine rings is 1. The van der Waals surface area contributed by atoms with Crippen LogP contribution in [0.1, 0.15) is 50.3 Å². The monoisotopic (exact) mass is 609 g/mol. The van der Waals surface area contributed by atoms with E-state index >= 15 is 0 Å². The molecule has 2 fully saturated rings. The van der Waals surface area contributed by atoms with Crippen molar-refractivity contribution in [3.8, 4) is 23.2 Å². The van der Waals surface area contributed by atoms with Gasteiger partial charge in [0.05, 0.1) is 46.2 Å². The summed E-state index contributed by atoms with van der Waals surface area (Å²) in [5.41, 5.74) is 2.05. The van der Waals surface area contributed by atoms with Gasteiger partial charge in [-0.3, -0.25) is 0 Å². The second kappa shape index (κ2) is 11.3. The number of piperidine rings is 1. The van der Waals surface area contributed by atoms with Crippen molar-refractivity contribution in [2.45, 2.75) is 44.4 Å². The molecule has 1 saturated heterocycles. The summed E-state index contributed by atoms with van der Waals surface area (Å²) < 4.78 is 52.5. The van der Waals surface area contributed by atoms with Gasteiger partial charge in [-0.05, 0) is 37.2 Å². The lowest BCUT2D eigenvalue weighted by molar-refractivity contribution is 0.0566. The Balaban J connectivity index is 1.27. The molecule has 43 heavy (non-hydrogen) atoms. The summed E-state index contributed by atoms with van der Waals surface area (Å²) in [5.74, 6) is 7.17. The van der Waals surface area contributed by atoms with Crippen LogP contribution in [0.2, 0.25) is 0 Å². The van der Waals surface area contributed by atoms with Gasteiger partial charge < -0.3 is 15.3 Å². The molecule has 4 aromatic heterocycles. The maximum Gasteiger partial charge on any atom is 0.333 e. The van der Waals surface area contributed by atoms with Crippen LogP contribution in [0, 0.1) is 17.3 Å². The Hall–Kier alpha value is -4.42. The Morgan fingerprint density at radius 2 is 1.88 bits per heavy atom. The molecule has 12 nitrogen and oxygen atoms in total. The molecule has 0 radical (unpaired) electrons. The van der Waals surface area contributed by atoms with Crippen LogP contribution < -0.4 is 10.2 Å². The van der Waals surface area contributed by atoms with E-state index in [2.05, 4.69) is 54.1 Å².